The first kappa shape index (κ1) is 27.8. The Morgan fingerprint density at radius 2 is 1.97 bits per heavy atom. The number of carbonyl (C=O) groups is 3. The SMILES string of the molecule is CC(C)(C)OC(=O)N1CCC(C)(C)[C@H]1C(=O)N1C[C@H](F)C[C@H]1C(=O)NCc1cc(Cl)ccc1-n1cncn1. The van der Waals surface area contributed by atoms with Crippen molar-refractivity contribution in [3.8, 4) is 5.69 Å². The van der Waals surface area contributed by atoms with E-state index in [1.165, 1.54) is 22.5 Å². The van der Waals surface area contributed by atoms with Crippen LogP contribution in [-0.4, -0.2) is 79.4 Å². The minimum absolute atomic E-state index is 0.0863. The highest BCUT2D eigenvalue weighted by Gasteiger charge is 2.52. The molecule has 1 aromatic carbocycles. The van der Waals surface area contributed by atoms with E-state index in [1.807, 2.05) is 13.8 Å². The molecule has 3 amide bonds. The van der Waals surface area contributed by atoms with Gasteiger partial charge in [0.15, 0.2) is 0 Å². The van der Waals surface area contributed by atoms with E-state index in [0.717, 1.165) is 0 Å². The van der Waals surface area contributed by atoms with Crippen molar-refractivity contribution in [3.63, 3.8) is 0 Å². The Kier molecular flexibility index (Phi) is 7.69. The van der Waals surface area contributed by atoms with Crippen LogP contribution in [0.25, 0.3) is 5.69 Å². The van der Waals surface area contributed by atoms with Crippen LogP contribution in [0.2, 0.25) is 5.02 Å². The van der Waals surface area contributed by atoms with Crippen LogP contribution in [0, 0.1) is 5.41 Å². The molecule has 0 spiro atoms. The van der Waals surface area contributed by atoms with Gasteiger partial charge in [0, 0.05) is 24.5 Å². The Morgan fingerprint density at radius 3 is 2.63 bits per heavy atom. The first-order chi connectivity index (χ1) is 17.8. The molecule has 3 atom stereocenters. The summed E-state index contributed by atoms with van der Waals surface area (Å²) in [5.74, 6) is -0.938. The molecule has 0 saturated carbocycles. The lowest BCUT2D eigenvalue weighted by Gasteiger charge is -2.36. The van der Waals surface area contributed by atoms with Gasteiger partial charge >= 0.3 is 6.09 Å². The second-order valence-electron chi connectivity index (χ2n) is 11.5. The molecular weight excluding hydrogens is 515 g/mol. The summed E-state index contributed by atoms with van der Waals surface area (Å²) in [6.07, 6.45) is 1.42. The molecule has 0 aliphatic carbocycles. The lowest BCUT2D eigenvalue weighted by molar-refractivity contribution is -0.144. The fraction of sp³-hybridized carbons (Fsp3) is 0.577. The maximum Gasteiger partial charge on any atom is 0.410 e. The van der Waals surface area contributed by atoms with Crippen molar-refractivity contribution in [2.45, 2.75) is 77.9 Å². The fourth-order valence-electron chi connectivity index (χ4n) is 5.07. The molecule has 2 fully saturated rings. The summed E-state index contributed by atoms with van der Waals surface area (Å²) in [4.78, 5) is 46.7. The third-order valence-electron chi connectivity index (χ3n) is 6.91. The molecule has 1 aromatic heterocycles. The highest BCUT2D eigenvalue weighted by molar-refractivity contribution is 6.30. The van der Waals surface area contributed by atoms with Crippen molar-refractivity contribution in [1.82, 2.24) is 29.9 Å². The number of rotatable bonds is 5. The summed E-state index contributed by atoms with van der Waals surface area (Å²) in [5, 5.41) is 7.44. The number of amides is 3. The Balaban J connectivity index is 1.52. The van der Waals surface area contributed by atoms with Gasteiger partial charge in [0.1, 0.15) is 36.5 Å². The van der Waals surface area contributed by atoms with Gasteiger partial charge in [-0.15, -0.1) is 0 Å². The van der Waals surface area contributed by atoms with Crippen LogP contribution in [0.4, 0.5) is 9.18 Å². The maximum atomic E-state index is 14.7. The fourth-order valence-corrected chi connectivity index (χ4v) is 5.26. The second-order valence-corrected chi connectivity index (χ2v) is 11.9. The summed E-state index contributed by atoms with van der Waals surface area (Å²) < 4.78 is 21.7. The van der Waals surface area contributed by atoms with E-state index >= 15 is 0 Å². The van der Waals surface area contributed by atoms with Crippen LogP contribution in [0.3, 0.4) is 0 Å². The Morgan fingerprint density at radius 1 is 1.24 bits per heavy atom. The predicted molar refractivity (Wildman–Crippen MR) is 138 cm³/mol. The van der Waals surface area contributed by atoms with Crippen LogP contribution >= 0.6 is 11.6 Å². The van der Waals surface area contributed by atoms with E-state index in [2.05, 4.69) is 15.4 Å². The molecule has 206 valence electrons. The van der Waals surface area contributed by atoms with Gasteiger partial charge in [-0.2, -0.15) is 5.10 Å². The van der Waals surface area contributed by atoms with E-state index in [0.29, 0.717) is 29.2 Å². The number of ether oxygens (including phenoxy) is 1. The first-order valence-corrected chi connectivity index (χ1v) is 13.0. The molecule has 38 heavy (non-hydrogen) atoms. The van der Waals surface area contributed by atoms with E-state index in [4.69, 9.17) is 16.3 Å². The lowest BCUT2D eigenvalue weighted by atomic mass is 9.84. The predicted octanol–water partition coefficient (Wildman–Crippen LogP) is 3.51. The van der Waals surface area contributed by atoms with Gasteiger partial charge in [0.2, 0.25) is 11.8 Å². The van der Waals surface area contributed by atoms with Crippen LogP contribution in [-0.2, 0) is 20.9 Å². The van der Waals surface area contributed by atoms with Crippen LogP contribution in [0.15, 0.2) is 30.9 Å². The number of carbonyl (C=O) groups excluding carboxylic acids is 3. The number of likely N-dealkylation sites (tertiary alicyclic amines) is 2. The third-order valence-corrected chi connectivity index (χ3v) is 7.14. The Labute approximate surface area is 226 Å². The lowest BCUT2D eigenvalue weighted by Crippen LogP contribution is -2.56. The molecule has 3 heterocycles. The van der Waals surface area contributed by atoms with Gasteiger partial charge in [-0.1, -0.05) is 25.4 Å². The van der Waals surface area contributed by atoms with Crippen molar-refractivity contribution in [1.29, 1.82) is 0 Å². The van der Waals surface area contributed by atoms with Crippen LogP contribution in [0.5, 0.6) is 0 Å². The number of benzene rings is 1. The number of halogens is 2. The molecule has 2 aliphatic rings. The molecule has 0 unspecified atom stereocenters. The molecule has 4 rings (SSSR count). The number of nitrogens with one attached hydrogen (secondary N) is 1. The summed E-state index contributed by atoms with van der Waals surface area (Å²) in [7, 11) is 0. The topological polar surface area (TPSA) is 110 Å². The van der Waals surface area contributed by atoms with E-state index in [-0.39, 0.29) is 19.5 Å². The number of nitrogens with zero attached hydrogens (tertiary/aromatic N) is 5. The monoisotopic (exact) mass is 548 g/mol. The largest absolute Gasteiger partial charge is 0.444 e. The standard InChI is InChI=1S/C26H34ClFN6O4/c1-25(2,3)38-24(37)32-9-8-26(4,5)21(32)23(36)33-13-18(28)11-20(33)22(35)30-12-16-10-17(27)6-7-19(16)34-15-29-14-31-34/h6-7,10,14-15,18,20-21H,8-9,11-13H2,1-5H3,(H,30,35)/t18-,20+,21-/m1/s1. The van der Waals surface area contributed by atoms with Gasteiger partial charge in [-0.25, -0.2) is 18.9 Å². The summed E-state index contributed by atoms with van der Waals surface area (Å²) >= 11 is 6.18. The normalized spacial score (nSPS) is 23.0. The highest BCUT2D eigenvalue weighted by atomic mass is 35.5. The zero-order valence-corrected chi connectivity index (χ0v) is 23.0. The van der Waals surface area contributed by atoms with Gasteiger partial charge in [0.25, 0.3) is 0 Å². The van der Waals surface area contributed by atoms with Gasteiger partial charge in [-0.3, -0.25) is 14.5 Å². The maximum absolute atomic E-state index is 14.7. The summed E-state index contributed by atoms with van der Waals surface area (Å²) in [6.45, 7) is 9.26. The molecule has 0 bridgehead atoms. The van der Waals surface area contributed by atoms with Crippen LogP contribution < -0.4 is 5.32 Å². The van der Waals surface area contributed by atoms with Crippen LogP contribution in [0.1, 0.15) is 53.0 Å². The van der Waals surface area contributed by atoms with Gasteiger partial charge < -0.3 is 15.0 Å². The zero-order chi connectivity index (χ0) is 27.8. The molecule has 2 aliphatic heterocycles. The first-order valence-electron chi connectivity index (χ1n) is 12.6. The quantitative estimate of drug-likeness (QED) is 0.612. The molecular formula is C26H34ClFN6O4. The van der Waals surface area contributed by atoms with E-state index < -0.39 is 47.2 Å². The van der Waals surface area contributed by atoms with Gasteiger partial charge in [-0.05, 0) is 56.4 Å². The number of hydrogen-bond acceptors (Lipinski definition) is 6. The van der Waals surface area contributed by atoms with Crippen molar-refractivity contribution in [2.24, 2.45) is 5.41 Å². The number of aromatic nitrogens is 3. The molecule has 12 heteroatoms. The smallest absolute Gasteiger partial charge is 0.410 e. The molecule has 0 radical (unpaired) electrons. The van der Waals surface area contributed by atoms with Crippen molar-refractivity contribution in [3.05, 3.63) is 41.4 Å². The summed E-state index contributed by atoms with van der Waals surface area (Å²) in [5.41, 5.74) is 0.0486. The molecule has 10 nitrogen and oxygen atoms in total. The Bertz CT molecular complexity index is 1200. The third kappa shape index (κ3) is 5.92. The molecule has 2 aromatic rings. The van der Waals surface area contributed by atoms with E-state index in [9.17, 15) is 18.8 Å². The highest BCUT2D eigenvalue weighted by Crippen LogP contribution is 2.39. The van der Waals surface area contributed by atoms with Gasteiger partial charge in [0.05, 0.1) is 12.2 Å². The van der Waals surface area contributed by atoms with Crippen molar-refractivity contribution < 1.29 is 23.5 Å². The number of alkyl halides is 1. The van der Waals surface area contributed by atoms with E-state index in [1.54, 1.807) is 43.7 Å². The average Bonchev–Trinajstić information content (AvgIpc) is 3.54. The second kappa shape index (κ2) is 10.5. The minimum atomic E-state index is -1.36. The zero-order valence-electron chi connectivity index (χ0n) is 22.3. The number of hydrogen-bond donors (Lipinski definition) is 1. The van der Waals surface area contributed by atoms with Crippen molar-refractivity contribution >= 4 is 29.5 Å². The average molecular weight is 549 g/mol. The molecule has 2 saturated heterocycles. The Hall–Kier alpha value is -3.21. The summed E-state index contributed by atoms with van der Waals surface area (Å²) in [6, 6.07) is 3.28. The minimum Gasteiger partial charge on any atom is -0.444 e. The molecule has 1 N–H and O–H groups in total. The van der Waals surface area contributed by atoms with Crippen molar-refractivity contribution in [2.75, 3.05) is 13.1 Å².